The second-order valence-corrected chi connectivity index (χ2v) is 5.76. The lowest BCUT2D eigenvalue weighted by Gasteiger charge is -2.30. The molecule has 1 aliphatic carbocycles. The van der Waals surface area contributed by atoms with E-state index in [0.717, 1.165) is 17.8 Å². The Bertz CT molecular complexity index is 198. The first-order chi connectivity index (χ1) is 6.81. The lowest BCUT2D eigenvalue weighted by atomic mass is 9.85. The minimum atomic E-state index is 1.00. The van der Waals surface area contributed by atoms with Crippen LogP contribution in [0, 0.1) is 17.8 Å². The molecule has 3 rings (SSSR count). The van der Waals surface area contributed by atoms with E-state index in [0.29, 0.717) is 0 Å². The molecule has 2 heteroatoms. The van der Waals surface area contributed by atoms with Gasteiger partial charge in [-0.2, -0.15) is 0 Å². The predicted molar refractivity (Wildman–Crippen MR) is 58.3 cm³/mol. The Balaban J connectivity index is 1.51. The zero-order valence-corrected chi connectivity index (χ0v) is 9.28. The van der Waals surface area contributed by atoms with Crippen LogP contribution in [0.4, 0.5) is 0 Å². The minimum Gasteiger partial charge on any atom is -0.306 e. The normalized spacial score (nSPS) is 40.1. The van der Waals surface area contributed by atoms with Crippen molar-refractivity contribution in [2.24, 2.45) is 17.8 Å². The first-order valence-corrected chi connectivity index (χ1v) is 6.22. The van der Waals surface area contributed by atoms with E-state index in [-0.39, 0.29) is 0 Å². The summed E-state index contributed by atoms with van der Waals surface area (Å²) in [6.07, 6.45) is 4.51. The molecular formula is C12H22N2. The molecule has 3 fully saturated rings. The van der Waals surface area contributed by atoms with Crippen LogP contribution in [0.3, 0.4) is 0 Å². The van der Waals surface area contributed by atoms with E-state index in [2.05, 4.69) is 16.8 Å². The molecule has 0 aromatic rings. The molecule has 2 aliphatic heterocycles. The highest BCUT2D eigenvalue weighted by Crippen LogP contribution is 2.33. The van der Waals surface area contributed by atoms with Gasteiger partial charge in [-0.05, 0) is 37.6 Å². The van der Waals surface area contributed by atoms with Crippen LogP contribution < -0.4 is 0 Å². The van der Waals surface area contributed by atoms with Crippen molar-refractivity contribution in [1.29, 1.82) is 0 Å². The van der Waals surface area contributed by atoms with Gasteiger partial charge in [-0.25, -0.2) is 0 Å². The summed E-state index contributed by atoms with van der Waals surface area (Å²) in [5, 5.41) is 0. The Morgan fingerprint density at radius 1 is 1.00 bits per heavy atom. The molecular weight excluding hydrogens is 172 g/mol. The summed E-state index contributed by atoms with van der Waals surface area (Å²) in [5.74, 6) is 3.06. The third kappa shape index (κ3) is 1.59. The zero-order valence-electron chi connectivity index (χ0n) is 9.28. The minimum absolute atomic E-state index is 1.00. The maximum atomic E-state index is 2.74. The summed E-state index contributed by atoms with van der Waals surface area (Å²) < 4.78 is 0. The number of fused-ring (bicyclic) bond motifs is 1. The van der Waals surface area contributed by atoms with Gasteiger partial charge in [-0.3, -0.25) is 0 Å². The maximum Gasteiger partial charge on any atom is 0.00258 e. The highest BCUT2D eigenvalue weighted by molar-refractivity contribution is 4.92. The van der Waals surface area contributed by atoms with Crippen molar-refractivity contribution in [2.45, 2.75) is 19.3 Å². The number of rotatable bonds is 2. The predicted octanol–water partition coefficient (Wildman–Crippen LogP) is 1.28. The fraction of sp³-hybridized carbons (Fsp3) is 1.00. The second kappa shape index (κ2) is 3.49. The van der Waals surface area contributed by atoms with Gasteiger partial charge in [0.25, 0.3) is 0 Å². The van der Waals surface area contributed by atoms with E-state index in [1.807, 2.05) is 0 Å². The quantitative estimate of drug-likeness (QED) is 0.653. The molecule has 2 nitrogen and oxygen atoms in total. The van der Waals surface area contributed by atoms with Crippen molar-refractivity contribution in [1.82, 2.24) is 9.80 Å². The van der Waals surface area contributed by atoms with E-state index >= 15 is 0 Å². The van der Waals surface area contributed by atoms with Crippen molar-refractivity contribution in [3.63, 3.8) is 0 Å². The van der Waals surface area contributed by atoms with Crippen LogP contribution in [-0.4, -0.2) is 49.6 Å². The Labute approximate surface area is 87.3 Å². The molecule has 0 spiro atoms. The molecule has 0 unspecified atom stereocenters. The summed E-state index contributed by atoms with van der Waals surface area (Å²) >= 11 is 0. The van der Waals surface area contributed by atoms with Gasteiger partial charge in [0, 0.05) is 32.7 Å². The SMILES string of the molecule is CN1C[C@@H]2CN(CC3CCC3)C[C@@H]2C1. The Hall–Kier alpha value is -0.0800. The van der Waals surface area contributed by atoms with Crippen LogP contribution in [0.1, 0.15) is 19.3 Å². The van der Waals surface area contributed by atoms with Gasteiger partial charge in [0.15, 0.2) is 0 Å². The third-order valence-corrected chi connectivity index (χ3v) is 4.49. The van der Waals surface area contributed by atoms with Crippen LogP contribution >= 0.6 is 0 Å². The molecule has 80 valence electrons. The van der Waals surface area contributed by atoms with Crippen molar-refractivity contribution in [3.05, 3.63) is 0 Å². The standard InChI is InChI=1S/C12H22N2/c1-13-6-11-8-14(9-12(11)7-13)5-10-3-2-4-10/h10-12H,2-9H2,1H3/t11-,12+. The van der Waals surface area contributed by atoms with Crippen LogP contribution in [0.25, 0.3) is 0 Å². The van der Waals surface area contributed by atoms with E-state index in [1.54, 1.807) is 0 Å². The van der Waals surface area contributed by atoms with Gasteiger partial charge >= 0.3 is 0 Å². The average Bonchev–Trinajstić information content (AvgIpc) is 2.53. The summed E-state index contributed by atoms with van der Waals surface area (Å²) in [5.41, 5.74) is 0. The smallest absolute Gasteiger partial charge is 0.00258 e. The van der Waals surface area contributed by atoms with Crippen LogP contribution in [0.5, 0.6) is 0 Å². The van der Waals surface area contributed by atoms with Gasteiger partial charge < -0.3 is 9.80 Å². The molecule has 0 N–H and O–H groups in total. The lowest BCUT2D eigenvalue weighted by Crippen LogP contribution is -2.33. The topological polar surface area (TPSA) is 6.48 Å². The Morgan fingerprint density at radius 3 is 2.14 bits per heavy atom. The first kappa shape index (κ1) is 9.17. The fourth-order valence-corrected chi connectivity index (χ4v) is 3.51. The molecule has 3 aliphatic rings. The summed E-state index contributed by atoms with van der Waals surface area (Å²) in [6.45, 7) is 6.91. The van der Waals surface area contributed by atoms with Crippen molar-refractivity contribution < 1.29 is 0 Å². The maximum absolute atomic E-state index is 2.74. The monoisotopic (exact) mass is 194 g/mol. The van der Waals surface area contributed by atoms with Crippen molar-refractivity contribution >= 4 is 0 Å². The van der Waals surface area contributed by atoms with E-state index < -0.39 is 0 Å². The van der Waals surface area contributed by atoms with Gasteiger partial charge in [-0.15, -0.1) is 0 Å². The molecule has 1 saturated carbocycles. The van der Waals surface area contributed by atoms with Crippen molar-refractivity contribution in [2.75, 3.05) is 39.8 Å². The molecule has 0 aromatic heterocycles. The summed E-state index contributed by atoms with van der Waals surface area (Å²) in [6, 6.07) is 0. The zero-order chi connectivity index (χ0) is 9.54. The fourth-order valence-electron chi connectivity index (χ4n) is 3.51. The lowest BCUT2D eigenvalue weighted by molar-refractivity contribution is 0.188. The summed E-state index contributed by atoms with van der Waals surface area (Å²) in [4.78, 5) is 5.25. The largest absolute Gasteiger partial charge is 0.306 e. The van der Waals surface area contributed by atoms with Crippen LogP contribution in [-0.2, 0) is 0 Å². The summed E-state index contributed by atoms with van der Waals surface area (Å²) in [7, 11) is 2.27. The third-order valence-electron chi connectivity index (χ3n) is 4.49. The Morgan fingerprint density at radius 2 is 1.64 bits per heavy atom. The molecule has 2 saturated heterocycles. The molecule has 0 bridgehead atoms. The number of likely N-dealkylation sites (tertiary alicyclic amines) is 2. The number of hydrogen-bond acceptors (Lipinski definition) is 2. The highest BCUT2D eigenvalue weighted by atomic mass is 15.2. The van der Waals surface area contributed by atoms with E-state index in [4.69, 9.17) is 0 Å². The molecule has 0 amide bonds. The van der Waals surface area contributed by atoms with Gasteiger partial charge in [0.1, 0.15) is 0 Å². The number of nitrogens with zero attached hydrogens (tertiary/aromatic N) is 2. The molecule has 2 atom stereocenters. The van der Waals surface area contributed by atoms with Gasteiger partial charge in [-0.1, -0.05) is 6.42 Å². The van der Waals surface area contributed by atoms with E-state index in [1.165, 1.54) is 52.0 Å². The molecule has 14 heavy (non-hydrogen) atoms. The second-order valence-electron chi connectivity index (χ2n) is 5.76. The van der Waals surface area contributed by atoms with Crippen LogP contribution in [0.15, 0.2) is 0 Å². The van der Waals surface area contributed by atoms with Crippen LogP contribution in [0.2, 0.25) is 0 Å². The molecule has 2 heterocycles. The van der Waals surface area contributed by atoms with E-state index in [9.17, 15) is 0 Å². The average molecular weight is 194 g/mol. The molecule has 0 radical (unpaired) electrons. The van der Waals surface area contributed by atoms with Crippen molar-refractivity contribution in [3.8, 4) is 0 Å². The number of hydrogen-bond donors (Lipinski definition) is 0. The first-order valence-electron chi connectivity index (χ1n) is 6.22. The van der Waals surface area contributed by atoms with Gasteiger partial charge in [0.2, 0.25) is 0 Å². The Kier molecular flexibility index (Phi) is 2.29. The highest BCUT2D eigenvalue weighted by Gasteiger charge is 2.39. The molecule has 0 aromatic carbocycles. The van der Waals surface area contributed by atoms with Gasteiger partial charge in [0.05, 0.1) is 0 Å².